The second kappa shape index (κ2) is 5.58. The number of benzene rings is 1. The molecule has 4 nitrogen and oxygen atoms in total. The van der Waals surface area contributed by atoms with E-state index in [1.165, 1.54) is 6.42 Å². The highest BCUT2D eigenvalue weighted by atomic mass is 32.1. The molecule has 0 amide bonds. The Morgan fingerprint density at radius 3 is 2.71 bits per heavy atom. The molecular formula is C16H17NO3S. The number of ether oxygens (including phenoxy) is 1. The topological polar surface area (TPSA) is 59.4 Å². The van der Waals surface area contributed by atoms with Crippen molar-refractivity contribution in [3.8, 4) is 11.3 Å². The summed E-state index contributed by atoms with van der Waals surface area (Å²) >= 11 is 1.61. The lowest BCUT2D eigenvalue weighted by atomic mass is 9.97. The average Bonchev–Trinajstić information content (AvgIpc) is 2.99. The fraction of sp³-hybridized carbons (Fsp3) is 0.375. The SMILES string of the molecule is CC1(c2nc(-c3ccc(C(=O)O)cc3)cs2)CCCCO1. The van der Waals surface area contributed by atoms with Gasteiger partial charge in [0.2, 0.25) is 0 Å². The van der Waals surface area contributed by atoms with Gasteiger partial charge in [0.05, 0.1) is 11.3 Å². The predicted molar refractivity (Wildman–Crippen MR) is 81.7 cm³/mol. The van der Waals surface area contributed by atoms with Crippen LogP contribution in [0.25, 0.3) is 11.3 Å². The molecule has 2 heterocycles. The van der Waals surface area contributed by atoms with E-state index in [0.29, 0.717) is 0 Å². The minimum atomic E-state index is -0.913. The fourth-order valence-electron chi connectivity index (χ4n) is 2.54. The number of hydrogen-bond donors (Lipinski definition) is 1. The van der Waals surface area contributed by atoms with E-state index >= 15 is 0 Å². The lowest BCUT2D eigenvalue weighted by Crippen LogP contribution is -2.29. The molecule has 0 bridgehead atoms. The minimum Gasteiger partial charge on any atom is -0.478 e. The van der Waals surface area contributed by atoms with Gasteiger partial charge in [0.25, 0.3) is 0 Å². The van der Waals surface area contributed by atoms with Crippen LogP contribution >= 0.6 is 11.3 Å². The van der Waals surface area contributed by atoms with Crippen LogP contribution in [0.3, 0.4) is 0 Å². The van der Waals surface area contributed by atoms with Crippen molar-refractivity contribution >= 4 is 17.3 Å². The summed E-state index contributed by atoms with van der Waals surface area (Å²) in [6.07, 6.45) is 3.28. The zero-order chi connectivity index (χ0) is 14.9. The number of carbonyl (C=O) groups is 1. The summed E-state index contributed by atoms with van der Waals surface area (Å²) in [5, 5.41) is 11.9. The van der Waals surface area contributed by atoms with Gasteiger partial charge in [-0.25, -0.2) is 9.78 Å². The van der Waals surface area contributed by atoms with Crippen molar-refractivity contribution in [3.05, 3.63) is 40.2 Å². The highest BCUT2D eigenvalue weighted by Crippen LogP contribution is 2.37. The molecule has 0 saturated carbocycles. The maximum absolute atomic E-state index is 10.9. The molecule has 1 saturated heterocycles. The summed E-state index contributed by atoms with van der Waals surface area (Å²) in [6, 6.07) is 6.81. The lowest BCUT2D eigenvalue weighted by Gasteiger charge is -2.31. The van der Waals surface area contributed by atoms with Gasteiger partial charge in [0, 0.05) is 17.6 Å². The van der Waals surface area contributed by atoms with Crippen LogP contribution in [0, 0.1) is 0 Å². The Kier molecular flexibility index (Phi) is 3.78. The normalized spacial score (nSPS) is 22.1. The highest BCUT2D eigenvalue weighted by Gasteiger charge is 2.33. The van der Waals surface area contributed by atoms with Crippen molar-refractivity contribution < 1.29 is 14.6 Å². The molecule has 1 N–H and O–H groups in total. The molecule has 2 aromatic rings. The Morgan fingerprint density at radius 1 is 1.33 bits per heavy atom. The molecule has 0 radical (unpaired) electrons. The second-order valence-electron chi connectivity index (χ2n) is 5.46. The summed E-state index contributed by atoms with van der Waals surface area (Å²) in [7, 11) is 0. The van der Waals surface area contributed by atoms with Crippen LogP contribution in [-0.4, -0.2) is 22.7 Å². The first-order valence-corrected chi connectivity index (χ1v) is 7.90. The summed E-state index contributed by atoms with van der Waals surface area (Å²) in [6.45, 7) is 2.89. The van der Waals surface area contributed by atoms with Crippen LogP contribution in [-0.2, 0) is 10.3 Å². The van der Waals surface area contributed by atoms with Gasteiger partial charge in [0.15, 0.2) is 0 Å². The number of thiazole rings is 1. The second-order valence-corrected chi connectivity index (χ2v) is 6.31. The Labute approximate surface area is 127 Å². The average molecular weight is 303 g/mol. The van der Waals surface area contributed by atoms with Gasteiger partial charge in [-0.15, -0.1) is 11.3 Å². The van der Waals surface area contributed by atoms with Crippen molar-refractivity contribution in [1.82, 2.24) is 4.98 Å². The van der Waals surface area contributed by atoms with Crippen molar-refractivity contribution in [2.75, 3.05) is 6.61 Å². The monoisotopic (exact) mass is 303 g/mol. The summed E-state index contributed by atoms with van der Waals surface area (Å²) in [4.78, 5) is 15.6. The number of hydrogen-bond acceptors (Lipinski definition) is 4. The molecule has 1 fully saturated rings. The third kappa shape index (κ3) is 2.84. The first kappa shape index (κ1) is 14.2. The van der Waals surface area contributed by atoms with Gasteiger partial charge in [-0.1, -0.05) is 12.1 Å². The van der Waals surface area contributed by atoms with E-state index in [1.54, 1.807) is 35.6 Å². The van der Waals surface area contributed by atoms with E-state index in [2.05, 4.69) is 6.92 Å². The van der Waals surface area contributed by atoms with E-state index in [9.17, 15) is 4.79 Å². The van der Waals surface area contributed by atoms with E-state index < -0.39 is 5.97 Å². The van der Waals surface area contributed by atoms with Crippen molar-refractivity contribution in [2.45, 2.75) is 31.8 Å². The van der Waals surface area contributed by atoms with Gasteiger partial charge >= 0.3 is 5.97 Å². The zero-order valence-corrected chi connectivity index (χ0v) is 12.7. The fourth-order valence-corrected chi connectivity index (χ4v) is 3.51. The van der Waals surface area contributed by atoms with Gasteiger partial charge in [-0.05, 0) is 38.3 Å². The number of nitrogens with zero attached hydrogens (tertiary/aromatic N) is 1. The molecular weight excluding hydrogens is 286 g/mol. The van der Waals surface area contributed by atoms with Gasteiger partial charge in [-0.2, -0.15) is 0 Å². The van der Waals surface area contributed by atoms with Crippen LogP contribution in [0.1, 0.15) is 41.6 Å². The van der Waals surface area contributed by atoms with E-state index in [4.69, 9.17) is 14.8 Å². The molecule has 1 aliphatic rings. The molecule has 1 aromatic heterocycles. The first-order valence-electron chi connectivity index (χ1n) is 7.02. The predicted octanol–water partition coefficient (Wildman–Crippen LogP) is 3.92. The molecule has 0 spiro atoms. The Bertz CT molecular complexity index is 642. The maximum Gasteiger partial charge on any atom is 0.335 e. The molecule has 1 aliphatic heterocycles. The molecule has 5 heteroatoms. The van der Waals surface area contributed by atoms with E-state index in [-0.39, 0.29) is 11.2 Å². The summed E-state index contributed by atoms with van der Waals surface area (Å²) < 4.78 is 5.92. The van der Waals surface area contributed by atoms with Crippen LogP contribution in [0.4, 0.5) is 0 Å². The van der Waals surface area contributed by atoms with Crippen molar-refractivity contribution in [2.24, 2.45) is 0 Å². The number of aromatic nitrogens is 1. The molecule has 3 rings (SSSR count). The lowest BCUT2D eigenvalue weighted by molar-refractivity contribution is -0.0701. The van der Waals surface area contributed by atoms with E-state index in [0.717, 1.165) is 35.7 Å². The molecule has 21 heavy (non-hydrogen) atoms. The Balaban J connectivity index is 1.85. The van der Waals surface area contributed by atoms with Crippen molar-refractivity contribution in [3.63, 3.8) is 0 Å². The van der Waals surface area contributed by atoms with Crippen LogP contribution in [0.2, 0.25) is 0 Å². The first-order chi connectivity index (χ1) is 10.1. The zero-order valence-electron chi connectivity index (χ0n) is 11.8. The van der Waals surface area contributed by atoms with Crippen LogP contribution < -0.4 is 0 Å². The van der Waals surface area contributed by atoms with Crippen LogP contribution in [0.5, 0.6) is 0 Å². The molecule has 1 unspecified atom stereocenters. The molecule has 1 aromatic carbocycles. The maximum atomic E-state index is 10.9. The summed E-state index contributed by atoms with van der Waals surface area (Å²) in [5.74, 6) is -0.913. The van der Waals surface area contributed by atoms with Crippen molar-refractivity contribution in [1.29, 1.82) is 0 Å². The van der Waals surface area contributed by atoms with E-state index in [1.807, 2.05) is 5.38 Å². The number of carboxylic acids is 1. The van der Waals surface area contributed by atoms with Gasteiger partial charge < -0.3 is 9.84 Å². The van der Waals surface area contributed by atoms with Gasteiger partial charge in [0.1, 0.15) is 10.6 Å². The number of rotatable bonds is 3. The third-order valence-electron chi connectivity index (χ3n) is 3.85. The number of carboxylic acid groups (broad SMARTS) is 1. The molecule has 0 aliphatic carbocycles. The van der Waals surface area contributed by atoms with Crippen LogP contribution in [0.15, 0.2) is 29.6 Å². The highest BCUT2D eigenvalue weighted by molar-refractivity contribution is 7.10. The van der Waals surface area contributed by atoms with Gasteiger partial charge in [-0.3, -0.25) is 0 Å². The molecule has 1 atom stereocenters. The standard InChI is InChI=1S/C16H17NO3S/c1-16(8-2-3-9-20-16)15-17-13(10-21-15)11-4-6-12(7-5-11)14(18)19/h4-7,10H,2-3,8-9H2,1H3,(H,18,19). The minimum absolute atomic E-state index is 0.276. The Morgan fingerprint density at radius 2 is 2.10 bits per heavy atom. The quantitative estimate of drug-likeness (QED) is 0.933. The number of aromatic carboxylic acids is 1. The molecule has 110 valence electrons. The Hall–Kier alpha value is -1.72. The largest absolute Gasteiger partial charge is 0.478 e. The smallest absolute Gasteiger partial charge is 0.335 e. The third-order valence-corrected chi connectivity index (χ3v) is 4.94. The summed E-state index contributed by atoms with van der Waals surface area (Å²) in [5.41, 5.74) is 1.82.